The SMILES string of the molecule is Cc1cn([C@H]2C[C@H](OS(=O)(=O)C(F)(F)F)[C@@H](COC(=O)c3ccccc3)O2)c(=O)[nH]c1=O. The molecule has 1 saturated heterocycles. The number of benzene rings is 1. The molecule has 174 valence electrons. The number of carbonyl (C=O) groups excluding carboxylic acids is 1. The van der Waals surface area contributed by atoms with Gasteiger partial charge in [-0.1, -0.05) is 18.2 Å². The number of carbonyl (C=O) groups is 1. The van der Waals surface area contributed by atoms with E-state index in [1.165, 1.54) is 19.1 Å². The predicted molar refractivity (Wildman–Crippen MR) is 101 cm³/mol. The Balaban J connectivity index is 1.84. The van der Waals surface area contributed by atoms with Crippen molar-refractivity contribution in [2.45, 2.75) is 37.3 Å². The number of hydrogen-bond donors (Lipinski definition) is 1. The quantitative estimate of drug-likeness (QED) is 0.372. The first-order valence-electron chi connectivity index (χ1n) is 9.08. The molecule has 3 rings (SSSR count). The molecule has 2 aromatic rings. The molecular weight excluding hydrogens is 461 g/mol. The number of ether oxygens (including phenoxy) is 2. The molecule has 1 aromatic carbocycles. The van der Waals surface area contributed by atoms with Crippen molar-refractivity contribution in [1.82, 2.24) is 9.55 Å². The van der Waals surface area contributed by atoms with Gasteiger partial charge in [0.05, 0.1) is 5.56 Å². The summed E-state index contributed by atoms with van der Waals surface area (Å²) in [5, 5.41) is 0. The molecule has 14 heteroatoms. The monoisotopic (exact) mass is 478 g/mol. The number of hydrogen-bond acceptors (Lipinski definition) is 8. The Labute approximate surface area is 178 Å². The zero-order chi connectivity index (χ0) is 23.7. The van der Waals surface area contributed by atoms with Crippen LogP contribution in [0.2, 0.25) is 0 Å². The zero-order valence-electron chi connectivity index (χ0n) is 16.4. The van der Waals surface area contributed by atoms with E-state index in [4.69, 9.17) is 9.47 Å². The fourth-order valence-corrected chi connectivity index (χ4v) is 3.59. The highest BCUT2D eigenvalue weighted by molar-refractivity contribution is 7.87. The Kier molecular flexibility index (Phi) is 6.57. The molecule has 1 aliphatic heterocycles. The summed E-state index contributed by atoms with van der Waals surface area (Å²) in [4.78, 5) is 37.8. The van der Waals surface area contributed by atoms with Gasteiger partial charge in [-0.3, -0.25) is 18.5 Å². The third-order valence-electron chi connectivity index (χ3n) is 4.56. The largest absolute Gasteiger partial charge is 0.523 e. The van der Waals surface area contributed by atoms with Crippen LogP contribution in [0, 0.1) is 6.92 Å². The van der Waals surface area contributed by atoms with Crippen LogP contribution in [-0.4, -0.2) is 48.3 Å². The first-order chi connectivity index (χ1) is 14.9. The van der Waals surface area contributed by atoms with Crippen LogP contribution in [0.25, 0.3) is 0 Å². The summed E-state index contributed by atoms with van der Waals surface area (Å²) in [6.07, 6.45) is -3.86. The molecule has 0 saturated carbocycles. The molecule has 0 aliphatic carbocycles. The van der Waals surface area contributed by atoms with Crippen LogP contribution in [0.4, 0.5) is 13.2 Å². The Morgan fingerprint density at radius 2 is 1.91 bits per heavy atom. The summed E-state index contributed by atoms with van der Waals surface area (Å²) < 4.78 is 77.1. The third-order valence-corrected chi connectivity index (χ3v) is 5.63. The standard InChI is InChI=1S/C18H17F3N2O8S/c1-10-8-23(17(26)22-15(10)24)14-7-12(31-32(27,28)18(19,20)21)13(30-14)9-29-16(25)11-5-3-2-4-6-11/h2-6,8,12-14H,7,9H2,1H3,(H,22,24,26)/t12-,13+,14+/m0/s1. The molecule has 0 radical (unpaired) electrons. The maximum atomic E-state index is 12.8. The van der Waals surface area contributed by atoms with E-state index >= 15 is 0 Å². The van der Waals surface area contributed by atoms with Gasteiger partial charge in [0.25, 0.3) is 5.56 Å². The minimum Gasteiger partial charge on any atom is -0.459 e. The van der Waals surface area contributed by atoms with E-state index in [2.05, 4.69) is 4.18 Å². The topological polar surface area (TPSA) is 134 Å². The summed E-state index contributed by atoms with van der Waals surface area (Å²) in [6.45, 7) is 0.726. The van der Waals surface area contributed by atoms with E-state index in [1.807, 2.05) is 4.98 Å². The molecule has 1 N–H and O–H groups in total. The van der Waals surface area contributed by atoms with Gasteiger partial charge >= 0.3 is 27.3 Å². The lowest BCUT2D eigenvalue weighted by molar-refractivity contribution is -0.0688. The number of nitrogens with one attached hydrogen (secondary N) is 1. The lowest BCUT2D eigenvalue weighted by atomic mass is 10.2. The van der Waals surface area contributed by atoms with Crippen LogP contribution >= 0.6 is 0 Å². The van der Waals surface area contributed by atoms with Crippen LogP contribution in [0.15, 0.2) is 46.1 Å². The number of esters is 1. The number of H-pyrrole nitrogens is 1. The van der Waals surface area contributed by atoms with Gasteiger partial charge < -0.3 is 9.47 Å². The van der Waals surface area contributed by atoms with Crippen molar-refractivity contribution in [3.05, 3.63) is 68.5 Å². The minimum atomic E-state index is -6.00. The molecule has 1 aliphatic rings. The molecule has 3 atom stereocenters. The maximum absolute atomic E-state index is 12.8. The number of aromatic nitrogens is 2. The highest BCUT2D eigenvalue weighted by Crippen LogP contribution is 2.34. The molecule has 32 heavy (non-hydrogen) atoms. The molecule has 2 heterocycles. The fourth-order valence-electron chi connectivity index (χ4n) is 2.96. The second-order valence-electron chi connectivity index (χ2n) is 6.84. The number of rotatable bonds is 6. The van der Waals surface area contributed by atoms with Crippen molar-refractivity contribution >= 4 is 16.1 Å². The van der Waals surface area contributed by atoms with Gasteiger partial charge in [-0.25, -0.2) is 9.59 Å². The Morgan fingerprint density at radius 1 is 1.25 bits per heavy atom. The summed E-state index contributed by atoms with van der Waals surface area (Å²) in [5.74, 6) is -0.827. The number of halogens is 3. The molecular formula is C18H17F3N2O8S. The number of alkyl halides is 3. The Morgan fingerprint density at radius 3 is 2.53 bits per heavy atom. The number of aromatic amines is 1. The average Bonchev–Trinajstić information content (AvgIpc) is 3.10. The predicted octanol–water partition coefficient (Wildman–Crippen LogP) is 1.22. The second-order valence-corrected chi connectivity index (χ2v) is 8.41. The van der Waals surface area contributed by atoms with Gasteiger partial charge in [-0.15, -0.1) is 0 Å². The van der Waals surface area contributed by atoms with Crippen molar-refractivity contribution in [2.24, 2.45) is 0 Å². The van der Waals surface area contributed by atoms with Crippen LogP contribution < -0.4 is 11.2 Å². The molecule has 0 amide bonds. The van der Waals surface area contributed by atoms with Crippen LogP contribution in [0.5, 0.6) is 0 Å². The van der Waals surface area contributed by atoms with Crippen molar-refractivity contribution in [1.29, 1.82) is 0 Å². The van der Waals surface area contributed by atoms with Crippen molar-refractivity contribution in [3.63, 3.8) is 0 Å². The van der Waals surface area contributed by atoms with Gasteiger partial charge in [0.15, 0.2) is 0 Å². The fraction of sp³-hybridized carbons (Fsp3) is 0.389. The summed E-state index contributed by atoms with van der Waals surface area (Å²) >= 11 is 0. The average molecular weight is 478 g/mol. The van der Waals surface area contributed by atoms with Gasteiger partial charge in [-0.05, 0) is 19.1 Å². The molecule has 1 aromatic heterocycles. The van der Waals surface area contributed by atoms with Crippen LogP contribution in [0.3, 0.4) is 0 Å². The van der Waals surface area contributed by atoms with Crippen molar-refractivity contribution in [3.8, 4) is 0 Å². The molecule has 0 spiro atoms. The van der Waals surface area contributed by atoms with E-state index in [-0.39, 0.29) is 11.1 Å². The Hall–Kier alpha value is -2.97. The first kappa shape index (κ1) is 23.7. The van der Waals surface area contributed by atoms with E-state index in [9.17, 15) is 36.0 Å². The van der Waals surface area contributed by atoms with Crippen LogP contribution in [0.1, 0.15) is 28.6 Å². The van der Waals surface area contributed by atoms with Gasteiger partial charge in [0.1, 0.15) is 25.0 Å². The highest BCUT2D eigenvalue weighted by Gasteiger charge is 2.51. The van der Waals surface area contributed by atoms with Gasteiger partial charge in [-0.2, -0.15) is 21.6 Å². The van der Waals surface area contributed by atoms with E-state index < -0.39 is 64.3 Å². The van der Waals surface area contributed by atoms with E-state index in [1.54, 1.807) is 18.2 Å². The summed E-state index contributed by atoms with van der Waals surface area (Å²) in [5.41, 5.74) is -7.04. The molecule has 10 nitrogen and oxygen atoms in total. The lowest BCUT2D eigenvalue weighted by Gasteiger charge is -2.19. The van der Waals surface area contributed by atoms with Crippen molar-refractivity contribution < 1.29 is 40.0 Å². The number of nitrogens with zero attached hydrogens (tertiary/aromatic N) is 1. The zero-order valence-corrected chi connectivity index (χ0v) is 17.2. The highest BCUT2D eigenvalue weighted by atomic mass is 32.2. The first-order valence-corrected chi connectivity index (χ1v) is 10.5. The smallest absolute Gasteiger partial charge is 0.459 e. The van der Waals surface area contributed by atoms with E-state index in [0.717, 1.165) is 10.8 Å². The summed E-state index contributed by atoms with van der Waals surface area (Å²) in [6, 6.07) is 7.64. The number of aryl methyl sites for hydroxylation is 1. The molecule has 0 bridgehead atoms. The normalized spacial score (nSPS) is 21.4. The second kappa shape index (κ2) is 8.88. The lowest BCUT2D eigenvalue weighted by Crippen LogP contribution is -2.36. The molecule has 0 unspecified atom stereocenters. The van der Waals surface area contributed by atoms with Gasteiger partial charge in [0.2, 0.25) is 0 Å². The van der Waals surface area contributed by atoms with Crippen molar-refractivity contribution in [2.75, 3.05) is 6.61 Å². The maximum Gasteiger partial charge on any atom is 0.523 e. The summed E-state index contributed by atoms with van der Waals surface area (Å²) in [7, 11) is -6.00. The third kappa shape index (κ3) is 5.08. The van der Waals surface area contributed by atoms with Gasteiger partial charge in [0, 0.05) is 18.2 Å². The Bertz CT molecular complexity index is 1210. The molecule has 1 fully saturated rings. The van der Waals surface area contributed by atoms with Crippen LogP contribution in [-0.2, 0) is 23.8 Å². The minimum absolute atomic E-state index is 0.104. The van der Waals surface area contributed by atoms with E-state index in [0.29, 0.717) is 0 Å².